The van der Waals surface area contributed by atoms with E-state index in [0.29, 0.717) is 19.1 Å². The van der Waals surface area contributed by atoms with E-state index in [0.717, 1.165) is 46.9 Å². The molecule has 1 heterocycles. The molecule has 1 aliphatic rings. The molecular formula is C28H30N2O2S. The smallest absolute Gasteiger partial charge is 0.134 e. The molecule has 1 atom stereocenters. The summed E-state index contributed by atoms with van der Waals surface area (Å²) in [5.41, 5.74) is 3.12. The van der Waals surface area contributed by atoms with Crippen molar-refractivity contribution < 1.29 is 9.47 Å². The van der Waals surface area contributed by atoms with Crippen LogP contribution in [0.1, 0.15) is 48.8 Å². The van der Waals surface area contributed by atoms with Crippen molar-refractivity contribution >= 4 is 22.6 Å². The molecule has 2 aromatic carbocycles. The van der Waals surface area contributed by atoms with Crippen molar-refractivity contribution in [3.05, 3.63) is 76.2 Å². The Morgan fingerprint density at radius 3 is 2.55 bits per heavy atom. The van der Waals surface area contributed by atoms with Crippen LogP contribution >= 0.6 is 11.3 Å². The Morgan fingerprint density at radius 2 is 1.79 bits per heavy atom. The number of aliphatic imine (C=N–C) groups is 1. The van der Waals surface area contributed by atoms with Crippen LogP contribution in [0.25, 0.3) is 0 Å². The Kier molecular flexibility index (Phi) is 7.15. The monoisotopic (exact) mass is 458 g/mol. The number of para-hydroxylation sites is 2. The number of benzene rings is 2. The molecule has 4 nitrogen and oxygen atoms in total. The second kappa shape index (κ2) is 10.2. The first-order valence-corrected chi connectivity index (χ1v) is 12.3. The number of rotatable bonds is 7. The maximum Gasteiger partial charge on any atom is 0.134 e. The summed E-state index contributed by atoms with van der Waals surface area (Å²) in [5.74, 6) is 2.22. The largest absolute Gasteiger partial charge is 0.490 e. The zero-order valence-electron chi connectivity index (χ0n) is 19.5. The van der Waals surface area contributed by atoms with Gasteiger partial charge in [-0.15, -0.1) is 11.3 Å². The minimum atomic E-state index is 0.276. The maximum atomic E-state index is 9.82. The van der Waals surface area contributed by atoms with Crippen molar-refractivity contribution in [1.82, 2.24) is 0 Å². The van der Waals surface area contributed by atoms with Crippen LogP contribution in [0.4, 0.5) is 5.00 Å². The lowest BCUT2D eigenvalue weighted by Crippen LogP contribution is -2.26. The standard InChI is InChI=1S/C28H30N2O2S/c1-28(2,3)21-13-14-23-24(18-29)27(33-26(23)17-21)30-19-20-9-7-8-12-25(20)32-16-15-31-22-10-5-4-6-11-22/h4-12,19,21H,13-17H2,1-3H3/t21-/m0/s1. The van der Waals surface area contributed by atoms with E-state index >= 15 is 0 Å². The molecule has 5 heteroatoms. The Morgan fingerprint density at radius 1 is 1.06 bits per heavy atom. The molecule has 33 heavy (non-hydrogen) atoms. The minimum absolute atomic E-state index is 0.276. The van der Waals surface area contributed by atoms with Crippen molar-refractivity contribution in [1.29, 1.82) is 5.26 Å². The number of hydrogen-bond acceptors (Lipinski definition) is 5. The third kappa shape index (κ3) is 5.64. The van der Waals surface area contributed by atoms with Crippen LogP contribution in [-0.2, 0) is 12.8 Å². The lowest BCUT2D eigenvalue weighted by Gasteiger charge is -2.33. The molecule has 0 N–H and O–H groups in total. The molecule has 1 aliphatic carbocycles. The normalized spacial score (nSPS) is 15.8. The van der Waals surface area contributed by atoms with Crippen molar-refractivity contribution in [3.8, 4) is 17.6 Å². The molecule has 0 saturated heterocycles. The molecule has 4 rings (SSSR count). The highest BCUT2D eigenvalue weighted by Gasteiger charge is 2.32. The summed E-state index contributed by atoms with van der Waals surface area (Å²) < 4.78 is 11.7. The van der Waals surface area contributed by atoms with E-state index in [9.17, 15) is 5.26 Å². The van der Waals surface area contributed by atoms with Crippen LogP contribution in [-0.4, -0.2) is 19.4 Å². The highest BCUT2D eigenvalue weighted by molar-refractivity contribution is 7.16. The first-order valence-electron chi connectivity index (χ1n) is 11.4. The molecule has 170 valence electrons. The molecule has 0 saturated carbocycles. The number of nitrogens with zero attached hydrogens (tertiary/aromatic N) is 2. The van der Waals surface area contributed by atoms with Gasteiger partial charge in [0.25, 0.3) is 0 Å². The van der Waals surface area contributed by atoms with Gasteiger partial charge in [-0.05, 0) is 60.4 Å². The highest BCUT2D eigenvalue weighted by Crippen LogP contribution is 2.44. The second-order valence-corrected chi connectivity index (χ2v) is 10.5. The summed E-state index contributed by atoms with van der Waals surface area (Å²) >= 11 is 1.67. The van der Waals surface area contributed by atoms with Crippen LogP contribution in [0, 0.1) is 22.7 Å². The average Bonchev–Trinajstić information content (AvgIpc) is 3.18. The number of nitriles is 1. The Labute approximate surface area is 200 Å². The van der Waals surface area contributed by atoms with Gasteiger partial charge in [-0.1, -0.05) is 51.1 Å². The predicted octanol–water partition coefficient (Wildman–Crippen LogP) is 6.98. The number of fused-ring (bicyclic) bond motifs is 1. The summed E-state index contributed by atoms with van der Waals surface area (Å²) in [6.07, 6.45) is 4.95. The van der Waals surface area contributed by atoms with Gasteiger partial charge in [-0.3, -0.25) is 0 Å². The lowest BCUT2D eigenvalue weighted by molar-refractivity contribution is 0.217. The summed E-state index contributed by atoms with van der Waals surface area (Å²) in [5, 5.41) is 10.6. The number of ether oxygens (including phenoxy) is 2. The van der Waals surface area contributed by atoms with Gasteiger partial charge in [0.15, 0.2) is 0 Å². The van der Waals surface area contributed by atoms with Gasteiger partial charge in [-0.2, -0.15) is 5.26 Å². The van der Waals surface area contributed by atoms with Crippen molar-refractivity contribution in [2.75, 3.05) is 13.2 Å². The molecule has 0 fully saturated rings. The van der Waals surface area contributed by atoms with Crippen LogP contribution in [0.2, 0.25) is 0 Å². The zero-order valence-corrected chi connectivity index (χ0v) is 20.3. The second-order valence-electron chi connectivity index (χ2n) is 9.41. The molecular weight excluding hydrogens is 428 g/mol. The predicted molar refractivity (Wildman–Crippen MR) is 135 cm³/mol. The van der Waals surface area contributed by atoms with Crippen LogP contribution in [0.15, 0.2) is 59.6 Å². The average molecular weight is 459 g/mol. The van der Waals surface area contributed by atoms with Gasteiger partial charge in [0, 0.05) is 16.7 Å². The van der Waals surface area contributed by atoms with Crippen molar-refractivity contribution in [3.63, 3.8) is 0 Å². The molecule has 1 aromatic heterocycles. The Hall–Kier alpha value is -3.10. The van der Waals surface area contributed by atoms with Gasteiger partial charge >= 0.3 is 0 Å². The van der Waals surface area contributed by atoms with Gasteiger partial charge in [0.2, 0.25) is 0 Å². The molecule has 0 radical (unpaired) electrons. The molecule has 0 spiro atoms. The van der Waals surface area contributed by atoms with Gasteiger partial charge in [-0.25, -0.2) is 4.99 Å². The van der Waals surface area contributed by atoms with E-state index in [1.165, 1.54) is 10.4 Å². The van der Waals surface area contributed by atoms with Crippen LogP contribution < -0.4 is 9.47 Å². The Bertz CT molecular complexity index is 1150. The van der Waals surface area contributed by atoms with E-state index in [1.807, 2.05) is 60.8 Å². The summed E-state index contributed by atoms with van der Waals surface area (Å²) in [6, 6.07) is 20.0. The maximum absolute atomic E-state index is 9.82. The van der Waals surface area contributed by atoms with Gasteiger partial charge in [0.1, 0.15) is 35.8 Å². The summed E-state index contributed by atoms with van der Waals surface area (Å²) in [7, 11) is 0. The van der Waals surface area contributed by atoms with Crippen LogP contribution in [0.3, 0.4) is 0 Å². The van der Waals surface area contributed by atoms with E-state index in [4.69, 9.17) is 14.5 Å². The van der Waals surface area contributed by atoms with Crippen molar-refractivity contribution in [2.45, 2.75) is 40.0 Å². The van der Waals surface area contributed by atoms with E-state index in [2.05, 4.69) is 26.8 Å². The number of hydrogen-bond donors (Lipinski definition) is 0. The summed E-state index contributed by atoms with van der Waals surface area (Å²) in [6.45, 7) is 7.82. The minimum Gasteiger partial charge on any atom is -0.490 e. The highest BCUT2D eigenvalue weighted by atomic mass is 32.1. The molecule has 0 unspecified atom stereocenters. The first kappa shape index (κ1) is 23.1. The van der Waals surface area contributed by atoms with Gasteiger partial charge < -0.3 is 9.47 Å². The zero-order chi connectivity index (χ0) is 23.3. The fourth-order valence-electron chi connectivity index (χ4n) is 4.19. The molecule has 3 aromatic rings. The topological polar surface area (TPSA) is 54.6 Å². The van der Waals surface area contributed by atoms with E-state index in [-0.39, 0.29) is 5.41 Å². The Balaban J connectivity index is 1.45. The molecule has 0 aliphatic heterocycles. The van der Waals surface area contributed by atoms with E-state index < -0.39 is 0 Å². The van der Waals surface area contributed by atoms with Crippen molar-refractivity contribution in [2.24, 2.45) is 16.3 Å². The SMILES string of the molecule is CC(C)(C)[C@H]1CCc2c(sc(N=Cc3ccccc3OCCOc3ccccc3)c2C#N)C1. The third-order valence-corrected chi connectivity index (χ3v) is 7.34. The van der Waals surface area contributed by atoms with Crippen LogP contribution in [0.5, 0.6) is 11.5 Å². The fourth-order valence-corrected chi connectivity index (χ4v) is 5.41. The van der Waals surface area contributed by atoms with E-state index in [1.54, 1.807) is 11.3 Å². The molecule has 0 bridgehead atoms. The number of thiophene rings is 1. The van der Waals surface area contributed by atoms with Gasteiger partial charge in [0.05, 0.1) is 5.56 Å². The lowest BCUT2D eigenvalue weighted by atomic mass is 9.72. The quantitative estimate of drug-likeness (QED) is 0.283. The summed E-state index contributed by atoms with van der Waals surface area (Å²) in [4.78, 5) is 6.06. The molecule has 0 amide bonds. The fraction of sp³-hybridized carbons (Fsp3) is 0.357. The first-order chi connectivity index (χ1) is 16.0. The third-order valence-electron chi connectivity index (χ3n) is 6.18.